The smallest absolute Gasteiger partial charge is 0.239 e. The molecule has 0 heterocycles. The summed E-state index contributed by atoms with van der Waals surface area (Å²) in [7, 11) is 3.34. The molecule has 0 bridgehead atoms. The van der Waals surface area contributed by atoms with Crippen molar-refractivity contribution in [2.24, 2.45) is 5.73 Å². The molecule has 0 spiro atoms. The van der Waals surface area contributed by atoms with Crippen LogP contribution in [0.2, 0.25) is 0 Å². The van der Waals surface area contributed by atoms with E-state index < -0.39 is 6.04 Å². The van der Waals surface area contributed by atoms with E-state index in [1.54, 1.807) is 37.3 Å². The molecule has 1 rings (SSSR count). The van der Waals surface area contributed by atoms with Gasteiger partial charge in [0.25, 0.3) is 0 Å². The van der Waals surface area contributed by atoms with Gasteiger partial charge in [-0.1, -0.05) is 12.1 Å². The highest BCUT2D eigenvalue weighted by Crippen LogP contribution is 2.13. The first-order valence-corrected chi connectivity index (χ1v) is 6.32. The first-order valence-electron chi connectivity index (χ1n) is 6.32. The summed E-state index contributed by atoms with van der Waals surface area (Å²) < 4.78 is 4.93. The summed E-state index contributed by atoms with van der Waals surface area (Å²) in [6.07, 6.45) is 1.38. The van der Waals surface area contributed by atoms with E-state index in [1.165, 1.54) is 0 Å². The molecule has 1 aromatic rings. The fraction of sp³-hybridized carbons (Fsp3) is 0.500. The van der Waals surface area contributed by atoms with Gasteiger partial charge in [0.15, 0.2) is 0 Å². The molecule has 5 nitrogen and oxygen atoms in total. The summed E-state index contributed by atoms with van der Waals surface area (Å²) in [5.41, 5.74) is 6.72. The van der Waals surface area contributed by atoms with E-state index in [9.17, 15) is 9.90 Å². The second kappa shape index (κ2) is 7.76. The molecule has 0 aromatic heterocycles. The highest BCUT2D eigenvalue weighted by atomic mass is 16.5. The fourth-order valence-electron chi connectivity index (χ4n) is 1.86. The quantitative estimate of drug-likeness (QED) is 0.725. The predicted octanol–water partition coefficient (Wildman–Crippen LogP) is 1.10. The maximum Gasteiger partial charge on any atom is 0.239 e. The van der Waals surface area contributed by atoms with E-state index in [0.29, 0.717) is 19.6 Å². The zero-order chi connectivity index (χ0) is 14.3. The molecule has 3 N–H and O–H groups in total. The van der Waals surface area contributed by atoms with E-state index in [-0.39, 0.29) is 11.7 Å². The third kappa shape index (κ3) is 5.28. The fourth-order valence-corrected chi connectivity index (χ4v) is 1.86. The van der Waals surface area contributed by atoms with Crippen LogP contribution in [0.25, 0.3) is 0 Å². The summed E-state index contributed by atoms with van der Waals surface area (Å²) in [6, 6.07) is 6.35. The molecule has 5 heteroatoms. The number of aromatic hydroxyl groups is 1. The highest BCUT2D eigenvalue weighted by Gasteiger charge is 2.17. The number of carbonyl (C=O) groups is 1. The number of amides is 1. The number of nitrogens with two attached hydrogens (primary N) is 1. The molecular formula is C14H22N2O3. The Morgan fingerprint density at radius 1 is 1.53 bits per heavy atom. The zero-order valence-electron chi connectivity index (χ0n) is 11.5. The predicted molar refractivity (Wildman–Crippen MR) is 73.7 cm³/mol. The van der Waals surface area contributed by atoms with Crippen LogP contribution in [0, 0.1) is 0 Å². The van der Waals surface area contributed by atoms with Gasteiger partial charge in [0.1, 0.15) is 5.75 Å². The molecule has 0 fully saturated rings. The minimum absolute atomic E-state index is 0.0977. The minimum Gasteiger partial charge on any atom is -0.508 e. The number of hydrogen-bond donors (Lipinski definition) is 2. The van der Waals surface area contributed by atoms with Crippen LogP contribution < -0.4 is 5.73 Å². The van der Waals surface area contributed by atoms with Crippen LogP contribution in [0.15, 0.2) is 24.3 Å². The number of likely N-dealkylation sites (N-methyl/N-ethyl adjacent to an activating group) is 1. The van der Waals surface area contributed by atoms with Gasteiger partial charge in [-0.2, -0.15) is 0 Å². The van der Waals surface area contributed by atoms with Crippen molar-refractivity contribution in [2.45, 2.75) is 25.4 Å². The number of phenolic OH excluding ortho intramolecular Hbond substituents is 1. The largest absolute Gasteiger partial charge is 0.508 e. The molecule has 0 saturated heterocycles. The summed E-state index contributed by atoms with van der Waals surface area (Å²) in [5, 5.41) is 9.37. The van der Waals surface area contributed by atoms with Crippen molar-refractivity contribution in [2.75, 3.05) is 20.8 Å². The Hall–Kier alpha value is -1.59. The number of rotatable bonds is 7. The van der Waals surface area contributed by atoms with Gasteiger partial charge in [-0.25, -0.2) is 0 Å². The lowest BCUT2D eigenvalue weighted by Crippen LogP contribution is -2.41. The lowest BCUT2D eigenvalue weighted by Gasteiger charge is -2.21. The molecule has 1 amide bonds. The summed E-state index contributed by atoms with van der Waals surface area (Å²) in [6.45, 7) is 1.04. The maximum absolute atomic E-state index is 12.0. The van der Waals surface area contributed by atoms with Gasteiger partial charge < -0.3 is 20.5 Å². The second-order valence-corrected chi connectivity index (χ2v) is 4.61. The molecule has 0 radical (unpaired) electrons. The standard InChI is InChI=1S/C14H22N2O3/c1-16(10-11-5-3-6-12(17)9-11)14(18)13(15)7-4-8-19-2/h3,5-6,9,13,17H,4,7-8,10,15H2,1-2H3. The number of carbonyl (C=O) groups excluding carboxylic acids is 1. The van der Waals surface area contributed by atoms with Crippen LogP contribution in [0.1, 0.15) is 18.4 Å². The van der Waals surface area contributed by atoms with Gasteiger partial charge in [0.05, 0.1) is 6.04 Å². The van der Waals surface area contributed by atoms with Crippen LogP contribution >= 0.6 is 0 Å². The van der Waals surface area contributed by atoms with Gasteiger partial charge in [-0.05, 0) is 30.5 Å². The van der Waals surface area contributed by atoms with Gasteiger partial charge >= 0.3 is 0 Å². The summed E-state index contributed by atoms with van der Waals surface area (Å²) in [5.74, 6) is 0.0992. The van der Waals surface area contributed by atoms with Gasteiger partial charge in [0, 0.05) is 27.3 Å². The number of nitrogens with zero attached hydrogens (tertiary/aromatic N) is 1. The Kier molecular flexibility index (Phi) is 6.32. The molecule has 1 atom stereocenters. The lowest BCUT2D eigenvalue weighted by molar-refractivity contribution is -0.132. The zero-order valence-corrected chi connectivity index (χ0v) is 11.5. The first kappa shape index (κ1) is 15.5. The van der Waals surface area contributed by atoms with E-state index in [2.05, 4.69) is 0 Å². The molecule has 1 aromatic carbocycles. The monoisotopic (exact) mass is 266 g/mol. The molecule has 19 heavy (non-hydrogen) atoms. The third-order valence-electron chi connectivity index (χ3n) is 2.89. The Morgan fingerprint density at radius 3 is 2.89 bits per heavy atom. The van der Waals surface area contributed by atoms with E-state index in [1.807, 2.05) is 6.07 Å². The Morgan fingerprint density at radius 2 is 2.26 bits per heavy atom. The van der Waals surface area contributed by atoms with E-state index in [4.69, 9.17) is 10.5 Å². The van der Waals surface area contributed by atoms with Crippen molar-refractivity contribution in [3.05, 3.63) is 29.8 Å². The van der Waals surface area contributed by atoms with Crippen LogP contribution in [0.3, 0.4) is 0 Å². The van der Waals surface area contributed by atoms with Crippen LogP contribution in [0.5, 0.6) is 5.75 Å². The average molecular weight is 266 g/mol. The Labute approximate surface area is 114 Å². The van der Waals surface area contributed by atoms with Crippen LogP contribution in [0.4, 0.5) is 0 Å². The van der Waals surface area contributed by atoms with Gasteiger partial charge in [-0.15, -0.1) is 0 Å². The molecule has 106 valence electrons. The number of benzene rings is 1. The van der Waals surface area contributed by atoms with Crippen molar-refractivity contribution < 1.29 is 14.6 Å². The van der Waals surface area contributed by atoms with Crippen molar-refractivity contribution in [1.82, 2.24) is 4.90 Å². The third-order valence-corrected chi connectivity index (χ3v) is 2.89. The van der Waals surface area contributed by atoms with Crippen LogP contribution in [-0.4, -0.2) is 42.7 Å². The van der Waals surface area contributed by atoms with Crippen molar-refractivity contribution in [3.63, 3.8) is 0 Å². The molecular weight excluding hydrogens is 244 g/mol. The SMILES string of the molecule is COCCCC(N)C(=O)N(C)Cc1cccc(O)c1. The Bertz CT molecular complexity index is 409. The number of methoxy groups -OCH3 is 1. The molecule has 0 saturated carbocycles. The van der Waals surface area contributed by atoms with Crippen molar-refractivity contribution in [3.8, 4) is 5.75 Å². The lowest BCUT2D eigenvalue weighted by atomic mass is 10.1. The average Bonchev–Trinajstić information content (AvgIpc) is 2.38. The molecule has 1 unspecified atom stereocenters. The first-order chi connectivity index (χ1) is 9.04. The van der Waals surface area contributed by atoms with Gasteiger partial charge in [-0.3, -0.25) is 4.79 Å². The molecule has 0 aliphatic rings. The molecule has 0 aliphatic heterocycles. The second-order valence-electron chi connectivity index (χ2n) is 4.61. The van der Waals surface area contributed by atoms with Gasteiger partial charge in [0.2, 0.25) is 5.91 Å². The normalized spacial score (nSPS) is 12.2. The number of phenols is 1. The highest BCUT2D eigenvalue weighted by molar-refractivity contribution is 5.81. The maximum atomic E-state index is 12.0. The summed E-state index contributed by atoms with van der Waals surface area (Å²) >= 11 is 0. The molecule has 0 aliphatic carbocycles. The minimum atomic E-state index is -0.502. The van der Waals surface area contributed by atoms with Crippen LogP contribution in [-0.2, 0) is 16.1 Å². The Balaban J connectivity index is 2.48. The van der Waals surface area contributed by atoms with E-state index >= 15 is 0 Å². The van der Waals surface area contributed by atoms with Crippen molar-refractivity contribution in [1.29, 1.82) is 0 Å². The number of hydrogen-bond acceptors (Lipinski definition) is 4. The summed E-state index contributed by atoms with van der Waals surface area (Å²) in [4.78, 5) is 13.6. The number of ether oxygens (including phenoxy) is 1. The van der Waals surface area contributed by atoms with E-state index in [0.717, 1.165) is 12.0 Å². The van der Waals surface area contributed by atoms with Crippen molar-refractivity contribution >= 4 is 5.91 Å². The topological polar surface area (TPSA) is 75.8 Å².